The lowest BCUT2D eigenvalue weighted by Gasteiger charge is -2.51. The summed E-state index contributed by atoms with van der Waals surface area (Å²) >= 11 is 0. The fourth-order valence-corrected chi connectivity index (χ4v) is 3.54. The average molecular weight is 236 g/mol. The van der Waals surface area contributed by atoms with Gasteiger partial charge in [0.25, 0.3) is 0 Å². The van der Waals surface area contributed by atoms with Gasteiger partial charge in [-0.15, -0.1) is 0 Å². The van der Waals surface area contributed by atoms with Crippen LogP contribution in [-0.4, -0.2) is 22.4 Å². The Labute approximate surface area is 104 Å². The van der Waals surface area contributed by atoms with Crippen LogP contribution in [0.1, 0.15) is 46.0 Å². The number of allylic oxidation sites excluding steroid dienone is 2. The molecule has 0 aromatic rings. The van der Waals surface area contributed by atoms with Crippen LogP contribution in [0.2, 0.25) is 0 Å². The summed E-state index contributed by atoms with van der Waals surface area (Å²) in [5, 5.41) is 19.9. The number of rotatable bonds is 2. The molecule has 0 aromatic carbocycles. The van der Waals surface area contributed by atoms with Crippen LogP contribution in [0.5, 0.6) is 0 Å². The summed E-state index contributed by atoms with van der Waals surface area (Å²) in [6.45, 7) is 8.27. The van der Waals surface area contributed by atoms with Gasteiger partial charge in [-0.25, -0.2) is 0 Å². The molecule has 0 unspecified atom stereocenters. The van der Waals surface area contributed by atoms with Gasteiger partial charge in [0.05, 0.1) is 12.2 Å². The van der Waals surface area contributed by atoms with Crippen LogP contribution < -0.4 is 0 Å². The van der Waals surface area contributed by atoms with Crippen LogP contribution in [-0.2, 0) is 0 Å². The molecule has 2 rings (SSSR count). The van der Waals surface area contributed by atoms with Crippen molar-refractivity contribution in [2.45, 2.75) is 51.6 Å². The summed E-state index contributed by atoms with van der Waals surface area (Å²) in [6.07, 6.45) is 7.09. The molecule has 0 amide bonds. The quantitative estimate of drug-likeness (QED) is 0.724. The lowest BCUT2D eigenvalue weighted by Crippen LogP contribution is -2.47. The molecular formula is C15H24O2. The lowest BCUT2D eigenvalue weighted by molar-refractivity contribution is -0.0181. The van der Waals surface area contributed by atoms with Gasteiger partial charge in [0.2, 0.25) is 0 Å². The van der Waals surface area contributed by atoms with E-state index < -0.39 is 5.60 Å². The third kappa shape index (κ3) is 1.98. The highest BCUT2D eigenvalue weighted by molar-refractivity contribution is 5.28. The fraction of sp³-hybridized carbons (Fsp3) is 0.733. The second-order valence-corrected chi connectivity index (χ2v) is 6.10. The van der Waals surface area contributed by atoms with E-state index in [1.165, 1.54) is 18.4 Å². The smallest absolute Gasteiger partial charge is 0.0887 e. The topological polar surface area (TPSA) is 40.5 Å². The van der Waals surface area contributed by atoms with Crippen LogP contribution >= 0.6 is 0 Å². The minimum Gasteiger partial charge on any atom is -0.392 e. The molecule has 2 N–H and O–H groups in total. The number of aliphatic hydroxyl groups is 2. The Balaban J connectivity index is 2.29. The number of hydrogen-bond donors (Lipinski definition) is 2. The van der Waals surface area contributed by atoms with Gasteiger partial charge < -0.3 is 10.2 Å². The van der Waals surface area contributed by atoms with Gasteiger partial charge in [-0.1, -0.05) is 32.1 Å². The Kier molecular flexibility index (Phi) is 3.21. The first-order valence-corrected chi connectivity index (χ1v) is 6.63. The van der Waals surface area contributed by atoms with Crippen LogP contribution in [0.3, 0.4) is 0 Å². The molecule has 0 aliphatic heterocycles. The average Bonchev–Trinajstić information content (AvgIpc) is 2.29. The Morgan fingerprint density at radius 1 is 1.59 bits per heavy atom. The van der Waals surface area contributed by atoms with Gasteiger partial charge in [0.15, 0.2) is 0 Å². The van der Waals surface area contributed by atoms with Crippen molar-refractivity contribution in [1.29, 1.82) is 0 Å². The number of hydrogen-bond acceptors (Lipinski definition) is 2. The van der Waals surface area contributed by atoms with Gasteiger partial charge in [0, 0.05) is 0 Å². The largest absolute Gasteiger partial charge is 0.392 e. The molecule has 3 atom stereocenters. The standard InChI is InChI=1S/C15H24O2/c1-11-5-4-6-13-7-8-15(17,12(2)9-16)10-14(11,13)3/h6,11,16-17H,2,4-5,7-10H2,1,3H3/t11-,14+,15-/m1/s1. The first-order chi connectivity index (χ1) is 7.92. The van der Waals surface area contributed by atoms with Crippen molar-refractivity contribution < 1.29 is 10.2 Å². The monoisotopic (exact) mass is 236 g/mol. The second-order valence-electron chi connectivity index (χ2n) is 6.10. The third-order valence-electron chi connectivity index (χ3n) is 5.13. The van der Waals surface area contributed by atoms with Crippen molar-refractivity contribution in [2.75, 3.05) is 6.61 Å². The molecule has 2 heteroatoms. The number of aliphatic hydroxyl groups excluding tert-OH is 1. The molecule has 17 heavy (non-hydrogen) atoms. The van der Waals surface area contributed by atoms with Crippen molar-refractivity contribution >= 4 is 0 Å². The van der Waals surface area contributed by atoms with E-state index in [4.69, 9.17) is 0 Å². The van der Waals surface area contributed by atoms with E-state index in [9.17, 15) is 10.2 Å². The Bertz CT molecular complexity index is 358. The highest BCUT2D eigenvalue weighted by Crippen LogP contribution is 2.54. The zero-order valence-electron chi connectivity index (χ0n) is 11.0. The van der Waals surface area contributed by atoms with E-state index in [-0.39, 0.29) is 12.0 Å². The molecular weight excluding hydrogens is 212 g/mol. The maximum absolute atomic E-state index is 10.7. The SMILES string of the molecule is C=C(CO)[C@@]1(O)CCC2=CCC[C@@H](C)[C@]2(C)C1. The molecule has 1 saturated carbocycles. The van der Waals surface area contributed by atoms with Crippen LogP contribution in [0.4, 0.5) is 0 Å². The van der Waals surface area contributed by atoms with E-state index in [0.29, 0.717) is 24.3 Å². The Morgan fingerprint density at radius 3 is 2.94 bits per heavy atom. The van der Waals surface area contributed by atoms with Crippen LogP contribution in [0.15, 0.2) is 23.8 Å². The maximum atomic E-state index is 10.7. The molecule has 96 valence electrons. The summed E-state index contributed by atoms with van der Waals surface area (Å²) in [5.74, 6) is 0.598. The molecule has 0 radical (unpaired) electrons. The number of fused-ring (bicyclic) bond motifs is 1. The molecule has 0 saturated heterocycles. The van der Waals surface area contributed by atoms with Crippen molar-refractivity contribution in [1.82, 2.24) is 0 Å². The van der Waals surface area contributed by atoms with Crippen molar-refractivity contribution in [3.63, 3.8) is 0 Å². The second kappa shape index (κ2) is 4.25. The van der Waals surface area contributed by atoms with E-state index in [2.05, 4.69) is 26.5 Å². The summed E-state index contributed by atoms with van der Waals surface area (Å²) < 4.78 is 0. The summed E-state index contributed by atoms with van der Waals surface area (Å²) in [7, 11) is 0. The highest BCUT2D eigenvalue weighted by Gasteiger charge is 2.48. The first kappa shape index (κ1) is 12.8. The minimum atomic E-state index is -0.869. The molecule has 0 spiro atoms. The van der Waals surface area contributed by atoms with E-state index >= 15 is 0 Å². The fourth-order valence-electron chi connectivity index (χ4n) is 3.54. The summed E-state index contributed by atoms with van der Waals surface area (Å²) in [4.78, 5) is 0. The minimum absolute atomic E-state index is 0.0867. The van der Waals surface area contributed by atoms with Gasteiger partial charge in [-0.2, -0.15) is 0 Å². The molecule has 0 aromatic heterocycles. The van der Waals surface area contributed by atoms with E-state index in [0.717, 1.165) is 6.42 Å². The molecule has 2 aliphatic carbocycles. The maximum Gasteiger partial charge on any atom is 0.0887 e. The molecule has 2 aliphatic rings. The van der Waals surface area contributed by atoms with E-state index in [1.54, 1.807) is 0 Å². The van der Waals surface area contributed by atoms with Crippen molar-refractivity contribution in [3.05, 3.63) is 23.8 Å². The van der Waals surface area contributed by atoms with Crippen molar-refractivity contribution in [2.24, 2.45) is 11.3 Å². The predicted octanol–water partition coefficient (Wildman–Crippen LogP) is 2.81. The first-order valence-electron chi connectivity index (χ1n) is 6.63. The normalized spacial score (nSPS) is 41.6. The molecule has 0 bridgehead atoms. The van der Waals surface area contributed by atoms with E-state index in [1.807, 2.05) is 0 Å². The van der Waals surface area contributed by atoms with Crippen LogP contribution in [0.25, 0.3) is 0 Å². The Hall–Kier alpha value is -0.600. The molecule has 0 heterocycles. The highest BCUT2D eigenvalue weighted by atomic mass is 16.3. The third-order valence-corrected chi connectivity index (χ3v) is 5.13. The zero-order chi connectivity index (χ0) is 12.7. The van der Waals surface area contributed by atoms with Gasteiger partial charge in [-0.05, 0) is 49.0 Å². The van der Waals surface area contributed by atoms with Gasteiger partial charge in [-0.3, -0.25) is 0 Å². The van der Waals surface area contributed by atoms with Crippen molar-refractivity contribution in [3.8, 4) is 0 Å². The molecule has 2 nitrogen and oxygen atoms in total. The summed E-state index contributed by atoms with van der Waals surface area (Å²) in [6, 6.07) is 0. The Morgan fingerprint density at radius 2 is 2.29 bits per heavy atom. The van der Waals surface area contributed by atoms with Gasteiger partial charge in [0.1, 0.15) is 0 Å². The zero-order valence-corrected chi connectivity index (χ0v) is 11.0. The predicted molar refractivity (Wildman–Crippen MR) is 69.6 cm³/mol. The lowest BCUT2D eigenvalue weighted by atomic mass is 9.56. The van der Waals surface area contributed by atoms with Crippen LogP contribution in [0, 0.1) is 11.3 Å². The van der Waals surface area contributed by atoms with Gasteiger partial charge >= 0.3 is 0 Å². The molecule has 1 fully saturated rings. The summed E-state index contributed by atoms with van der Waals surface area (Å²) in [5.41, 5.74) is 1.30.